The van der Waals surface area contributed by atoms with E-state index in [1.165, 1.54) is 5.56 Å². The van der Waals surface area contributed by atoms with E-state index in [2.05, 4.69) is 16.5 Å². The summed E-state index contributed by atoms with van der Waals surface area (Å²) in [5, 5.41) is 0.723. The number of nitrogen functional groups attached to an aromatic ring is 1. The van der Waals surface area contributed by atoms with Gasteiger partial charge in [-0.05, 0) is 36.8 Å². The van der Waals surface area contributed by atoms with Crippen molar-refractivity contribution in [2.75, 3.05) is 5.73 Å². The summed E-state index contributed by atoms with van der Waals surface area (Å²) < 4.78 is 2.14. The normalized spacial score (nSPS) is 12.3. The summed E-state index contributed by atoms with van der Waals surface area (Å²) in [6.45, 7) is 2.14. The number of benzene rings is 2. The van der Waals surface area contributed by atoms with E-state index >= 15 is 0 Å². The largest absolute Gasteiger partial charge is 0.399 e. The lowest BCUT2D eigenvalue weighted by atomic mass is 10.1. The predicted octanol–water partition coefficient (Wildman–Crippen LogP) is 4.40. The summed E-state index contributed by atoms with van der Waals surface area (Å²) in [7, 11) is 0. The zero-order valence-electron chi connectivity index (χ0n) is 11.7. The minimum Gasteiger partial charge on any atom is -0.399 e. The highest BCUT2D eigenvalue weighted by Gasteiger charge is 2.13. The molecular weight excluding hydrogens is 282 g/mol. The molecule has 1 aromatic heterocycles. The molecule has 0 aliphatic carbocycles. The quantitative estimate of drug-likeness (QED) is 0.728. The molecule has 0 radical (unpaired) electrons. The van der Waals surface area contributed by atoms with Crippen LogP contribution in [0.15, 0.2) is 61.1 Å². The highest BCUT2D eigenvalue weighted by Crippen LogP contribution is 2.28. The third-order valence-electron chi connectivity index (χ3n) is 3.62. The van der Waals surface area contributed by atoms with Gasteiger partial charge in [0.15, 0.2) is 0 Å². The second kappa shape index (κ2) is 5.62. The van der Waals surface area contributed by atoms with Crippen LogP contribution in [0, 0.1) is 0 Å². The number of nitrogens with two attached hydrogens (primary N) is 1. The van der Waals surface area contributed by atoms with Crippen molar-refractivity contribution >= 4 is 17.3 Å². The number of hydrogen-bond acceptors (Lipinski definition) is 2. The molecule has 4 heteroatoms. The van der Waals surface area contributed by atoms with Crippen LogP contribution in [0.4, 0.5) is 5.69 Å². The number of imidazole rings is 1. The Hall–Kier alpha value is -2.26. The maximum Gasteiger partial charge on any atom is 0.0956 e. The van der Waals surface area contributed by atoms with Gasteiger partial charge >= 0.3 is 0 Å². The Kier molecular flexibility index (Phi) is 3.67. The van der Waals surface area contributed by atoms with Crippen LogP contribution in [-0.4, -0.2) is 9.55 Å². The number of rotatable bonds is 3. The lowest BCUT2D eigenvalue weighted by Gasteiger charge is -2.17. The van der Waals surface area contributed by atoms with E-state index in [-0.39, 0.29) is 6.04 Å². The van der Waals surface area contributed by atoms with Crippen molar-refractivity contribution in [2.24, 2.45) is 0 Å². The second-order valence-electron chi connectivity index (χ2n) is 5.04. The van der Waals surface area contributed by atoms with Crippen molar-refractivity contribution in [1.29, 1.82) is 0 Å². The molecule has 0 amide bonds. The number of halogens is 1. The Labute approximate surface area is 129 Å². The van der Waals surface area contributed by atoms with Gasteiger partial charge in [0.2, 0.25) is 0 Å². The van der Waals surface area contributed by atoms with Crippen LogP contribution >= 0.6 is 11.6 Å². The predicted molar refractivity (Wildman–Crippen MR) is 87.3 cm³/mol. The van der Waals surface area contributed by atoms with E-state index < -0.39 is 0 Å². The molecule has 0 bridgehead atoms. The number of aromatic nitrogens is 2. The third-order valence-corrected chi connectivity index (χ3v) is 3.86. The molecule has 3 rings (SSSR count). The van der Waals surface area contributed by atoms with Crippen LogP contribution < -0.4 is 5.73 Å². The fourth-order valence-corrected chi connectivity index (χ4v) is 2.61. The molecule has 0 saturated carbocycles. The first-order valence-electron chi connectivity index (χ1n) is 6.78. The Balaban J connectivity index is 2.00. The zero-order valence-corrected chi connectivity index (χ0v) is 12.5. The molecular formula is C17H16ClN3. The number of hydrogen-bond donors (Lipinski definition) is 1. The molecule has 0 spiro atoms. The van der Waals surface area contributed by atoms with Gasteiger partial charge in [-0.25, -0.2) is 4.98 Å². The van der Waals surface area contributed by atoms with Crippen molar-refractivity contribution < 1.29 is 0 Å². The average molecular weight is 298 g/mol. The maximum absolute atomic E-state index is 6.08. The zero-order chi connectivity index (χ0) is 14.8. The van der Waals surface area contributed by atoms with E-state index in [1.807, 2.05) is 61.1 Å². The number of anilines is 1. The Morgan fingerprint density at radius 1 is 1.14 bits per heavy atom. The molecule has 0 saturated heterocycles. The van der Waals surface area contributed by atoms with Crippen LogP contribution in [0.2, 0.25) is 5.02 Å². The average Bonchev–Trinajstić information content (AvgIpc) is 2.97. The maximum atomic E-state index is 6.08. The molecule has 0 fully saturated rings. The molecule has 1 atom stereocenters. The van der Waals surface area contributed by atoms with Crippen molar-refractivity contribution in [2.45, 2.75) is 13.0 Å². The van der Waals surface area contributed by atoms with E-state index in [0.717, 1.165) is 22.0 Å². The van der Waals surface area contributed by atoms with E-state index in [0.29, 0.717) is 0 Å². The van der Waals surface area contributed by atoms with E-state index in [4.69, 9.17) is 17.3 Å². The molecule has 106 valence electrons. The molecule has 0 aliphatic rings. The molecule has 3 nitrogen and oxygen atoms in total. The smallest absolute Gasteiger partial charge is 0.0956 e. The van der Waals surface area contributed by atoms with Gasteiger partial charge in [-0.15, -0.1) is 0 Å². The molecule has 0 aliphatic heterocycles. The fraction of sp³-hybridized carbons (Fsp3) is 0.118. The lowest BCUT2D eigenvalue weighted by Crippen LogP contribution is -2.07. The van der Waals surface area contributed by atoms with Crippen LogP contribution in [0.1, 0.15) is 18.5 Å². The standard InChI is InChI=1S/C17H16ClN3/c1-12(13-5-7-16(19)8-6-13)21-11-20-10-17(21)14-3-2-4-15(18)9-14/h2-12H,19H2,1H3. The van der Waals surface area contributed by atoms with E-state index in [1.54, 1.807) is 0 Å². The Morgan fingerprint density at radius 3 is 2.62 bits per heavy atom. The van der Waals surface area contributed by atoms with E-state index in [9.17, 15) is 0 Å². The molecule has 3 aromatic rings. The molecule has 21 heavy (non-hydrogen) atoms. The van der Waals surface area contributed by atoms with Crippen LogP contribution in [0.3, 0.4) is 0 Å². The van der Waals surface area contributed by atoms with Gasteiger partial charge in [0.1, 0.15) is 0 Å². The van der Waals surface area contributed by atoms with Gasteiger partial charge in [-0.3, -0.25) is 0 Å². The van der Waals surface area contributed by atoms with Crippen molar-refractivity contribution in [3.8, 4) is 11.3 Å². The minimum atomic E-state index is 0.169. The third kappa shape index (κ3) is 2.78. The van der Waals surface area contributed by atoms with Gasteiger partial charge < -0.3 is 10.3 Å². The van der Waals surface area contributed by atoms with Gasteiger partial charge in [0, 0.05) is 16.3 Å². The molecule has 1 heterocycles. The van der Waals surface area contributed by atoms with Crippen LogP contribution in [0.25, 0.3) is 11.3 Å². The summed E-state index contributed by atoms with van der Waals surface area (Å²) in [5.74, 6) is 0. The summed E-state index contributed by atoms with van der Waals surface area (Å²) in [5.41, 5.74) is 9.81. The first kappa shape index (κ1) is 13.7. The van der Waals surface area contributed by atoms with Gasteiger partial charge in [0.05, 0.1) is 24.3 Å². The minimum absolute atomic E-state index is 0.169. The summed E-state index contributed by atoms with van der Waals surface area (Å²) in [4.78, 5) is 4.29. The monoisotopic (exact) mass is 297 g/mol. The van der Waals surface area contributed by atoms with Gasteiger partial charge in [-0.1, -0.05) is 35.9 Å². The molecule has 2 aromatic carbocycles. The molecule has 2 N–H and O–H groups in total. The lowest BCUT2D eigenvalue weighted by molar-refractivity contribution is 0.644. The Morgan fingerprint density at radius 2 is 1.90 bits per heavy atom. The highest BCUT2D eigenvalue weighted by molar-refractivity contribution is 6.30. The van der Waals surface area contributed by atoms with Crippen molar-refractivity contribution in [3.05, 3.63) is 71.6 Å². The highest BCUT2D eigenvalue weighted by atomic mass is 35.5. The van der Waals surface area contributed by atoms with Crippen molar-refractivity contribution in [1.82, 2.24) is 9.55 Å². The number of nitrogens with zero attached hydrogens (tertiary/aromatic N) is 2. The second-order valence-corrected chi connectivity index (χ2v) is 5.48. The summed E-state index contributed by atoms with van der Waals surface area (Å²) in [6, 6.07) is 15.9. The summed E-state index contributed by atoms with van der Waals surface area (Å²) in [6.07, 6.45) is 3.71. The SMILES string of the molecule is CC(c1ccc(N)cc1)n1cncc1-c1cccc(Cl)c1. The summed E-state index contributed by atoms with van der Waals surface area (Å²) >= 11 is 6.08. The van der Waals surface area contributed by atoms with Crippen LogP contribution in [-0.2, 0) is 0 Å². The van der Waals surface area contributed by atoms with Gasteiger partial charge in [-0.2, -0.15) is 0 Å². The fourth-order valence-electron chi connectivity index (χ4n) is 2.42. The Bertz CT molecular complexity index is 747. The van der Waals surface area contributed by atoms with Crippen LogP contribution in [0.5, 0.6) is 0 Å². The first-order valence-corrected chi connectivity index (χ1v) is 7.16. The topological polar surface area (TPSA) is 43.8 Å². The first-order chi connectivity index (χ1) is 10.1. The molecule has 1 unspecified atom stereocenters. The van der Waals surface area contributed by atoms with Gasteiger partial charge in [0.25, 0.3) is 0 Å². The van der Waals surface area contributed by atoms with Crippen molar-refractivity contribution in [3.63, 3.8) is 0 Å².